The molecule has 1 aliphatic rings. The molecule has 2 aromatic rings. The number of nitrogens with zero attached hydrogens (tertiary/aromatic N) is 1. The van der Waals surface area contributed by atoms with Gasteiger partial charge in [-0.3, -0.25) is 19.3 Å². The predicted molar refractivity (Wildman–Crippen MR) is 104 cm³/mol. The minimum atomic E-state index is -1.18. The number of hydrogen-bond donors (Lipinski definition) is 1. The number of carbonyl (C=O) groups excluding carboxylic acids is 4. The van der Waals surface area contributed by atoms with Crippen LogP contribution in [0.3, 0.4) is 0 Å². The molecule has 0 aromatic heterocycles. The molecule has 0 unspecified atom stereocenters. The molecule has 29 heavy (non-hydrogen) atoms. The highest BCUT2D eigenvalue weighted by Gasteiger charge is 2.41. The van der Waals surface area contributed by atoms with E-state index in [-0.39, 0.29) is 11.1 Å². The van der Waals surface area contributed by atoms with Crippen molar-refractivity contribution in [2.45, 2.75) is 26.0 Å². The highest BCUT2D eigenvalue weighted by Crippen LogP contribution is 2.25. The standard InChI is InChI=1S/C21H20N2O6/c1-12(23-19(25)14-8-4-5-9-15(14)20(23)26)21(27)29-13(2)18(24)22-16-10-6-7-11-17(16)28-3/h4-13H,1-3H3,(H,22,24)/t12-,13-/m0/s1. The maximum absolute atomic E-state index is 12.5. The van der Waals surface area contributed by atoms with Crippen LogP contribution < -0.4 is 10.1 Å². The SMILES string of the molecule is COc1ccccc1NC(=O)[C@H](C)OC(=O)[C@H](C)N1C(=O)c2ccccc2C1=O. The fourth-order valence-corrected chi connectivity index (χ4v) is 2.97. The van der Waals surface area contributed by atoms with E-state index in [4.69, 9.17) is 9.47 Å². The van der Waals surface area contributed by atoms with Gasteiger partial charge in [-0.25, -0.2) is 4.79 Å². The molecule has 3 amide bonds. The number of ether oxygens (including phenoxy) is 2. The number of hydrogen-bond acceptors (Lipinski definition) is 6. The number of para-hydroxylation sites is 2. The van der Waals surface area contributed by atoms with Crippen molar-refractivity contribution in [3.05, 3.63) is 59.7 Å². The largest absolute Gasteiger partial charge is 0.495 e. The second kappa shape index (κ2) is 8.14. The molecule has 0 bridgehead atoms. The molecule has 0 radical (unpaired) electrons. The van der Waals surface area contributed by atoms with Gasteiger partial charge in [0.1, 0.15) is 11.8 Å². The molecule has 0 saturated carbocycles. The minimum absolute atomic E-state index is 0.235. The van der Waals surface area contributed by atoms with Gasteiger partial charge in [0.2, 0.25) is 0 Å². The third-order valence-corrected chi connectivity index (χ3v) is 4.58. The van der Waals surface area contributed by atoms with Crippen molar-refractivity contribution < 1.29 is 28.7 Å². The lowest BCUT2D eigenvalue weighted by Crippen LogP contribution is -2.45. The first-order valence-corrected chi connectivity index (χ1v) is 8.96. The predicted octanol–water partition coefficient (Wildman–Crippen LogP) is 2.25. The second-order valence-corrected chi connectivity index (χ2v) is 6.47. The number of carbonyl (C=O) groups is 4. The van der Waals surface area contributed by atoms with Crippen LogP contribution in [0, 0.1) is 0 Å². The van der Waals surface area contributed by atoms with E-state index in [1.54, 1.807) is 36.4 Å². The van der Waals surface area contributed by atoms with Crippen molar-refractivity contribution in [1.29, 1.82) is 0 Å². The lowest BCUT2D eigenvalue weighted by atomic mass is 10.1. The first kappa shape index (κ1) is 20.1. The van der Waals surface area contributed by atoms with Gasteiger partial charge in [0.05, 0.1) is 23.9 Å². The van der Waals surface area contributed by atoms with Crippen LogP contribution in [0.25, 0.3) is 0 Å². The number of benzene rings is 2. The zero-order chi connectivity index (χ0) is 21.1. The number of nitrogens with one attached hydrogen (secondary N) is 1. The van der Waals surface area contributed by atoms with Crippen LogP contribution in [-0.4, -0.2) is 47.8 Å². The lowest BCUT2D eigenvalue weighted by molar-refractivity contribution is -0.156. The van der Waals surface area contributed by atoms with Crippen LogP contribution in [0.15, 0.2) is 48.5 Å². The third kappa shape index (κ3) is 3.82. The molecule has 8 nitrogen and oxygen atoms in total. The highest BCUT2D eigenvalue weighted by molar-refractivity contribution is 6.22. The van der Waals surface area contributed by atoms with E-state index < -0.39 is 35.8 Å². The highest BCUT2D eigenvalue weighted by atomic mass is 16.5. The summed E-state index contributed by atoms with van der Waals surface area (Å²) in [6, 6.07) is 11.9. The quantitative estimate of drug-likeness (QED) is 0.594. The Morgan fingerprint density at radius 2 is 1.48 bits per heavy atom. The van der Waals surface area contributed by atoms with E-state index in [1.807, 2.05) is 0 Å². The zero-order valence-electron chi connectivity index (χ0n) is 16.2. The molecular formula is C21H20N2O6. The lowest BCUT2D eigenvalue weighted by Gasteiger charge is -2.23. The zero-order valence-corrected chi connectivity index (χ0v) is 16.2. The molecule has 2 atom stereocenters. The van der Waals surface area contributed by atoms with Gasteiger partial charge in [-0.1, -0.05) is 24.3 Å². The topological polar surface area (TPSA) is 102 Å². The van der Waals surface area contributed by atoms with Crippen molar-refractivity contribution in [3.8, 4) is 5.75 Å². The van der Waals surface area contributed by atoms with E-state index in [0.717, 1.165) is 4.90 Å². The summed E-state index contributed by atoms with van der Waals surface area (Å²) >= 11 is 0. The molecule has 8 heteroatoms. The van der Waals surface area contributed by atoms with E-state index in [1.165, 1.54) is 33.1 Å². The summed E-state index contributed by atoms with van der Waals surface area (Å²) in [6.07, 6.45) is -1.15. The fraction of sp³-hybridized carbons (Fsp3) is 0.238. The molecule has 3 rings (SSSR count). The number of anilines is 1. The molecule has 2 aromatic carbocycles. The molecule has 0 spiro atoms. The van der Waals surface area contributed by atoms with Gasteiger partial charge in [-0.05, 0) is 38.1 Å². The number of rotatable bonds is 6. The summed E-state index contributed by atoms with van der Waals surface area (Å²) < 4.78 is 10.4. The first-order chi connectivity index (χ1) is 13.8. The van der Waals surface area contributed by atoms with Crippen LogP contribution in [0.2, 0.25) is 0 Å². The summed E-state index contributed by atoms with van der Waals surface area (Å²) in [5.74, 6) is -2.11. The van der Waals surface area contributed by atoms with Crippen LogP contribution in [0.4, 0.5) is 5.69 Å². The smallest absolute Gasteiger partial charge is 0.329 e. The Labute approximate surface area is 167 Å². The molecule has 1 N–H and O–H groups in total. The van der Waals surface area contributed by atoms with E-state index in [0.29, 0.717) is 11.4 Å². The average Bonchev–Trinajstić information content (AvgIpc) is 2.98. The molecular weight excluding hydrogens is 376 g/mol. The Morgan fingerprint density at radius 1 is 0.931 bits per heavy atom. The van der Waals surface area contributed by atoms with Gasteiger partial charge < -0.3 is 14.8 Å². The Hall–Kier alpha value is -3.68. The molecule has 1 heterocycles. The van der Waals surface area contributed by atoms with E-state index >= 15 is 0 Å². The first-order valence-electron chi connectivity index (χ1n) is 8.96. The van der Waals surface area contributed by atoms with Gasteiger partial charge in [-0.15, -0.1) is 0 Å². The van der Waals surface area contributed by atoms with Crippen LogP contribution in [0.5, 0.6) is 5.75 Å². The minimum Gasteiger partial charge on any atom is -0.495 e. The molecule has 0 saturated heterocycles. The summed E-state index contributed by atoms with van der Waals surface area (Å²) in [6.45, 7) is 2.78. The van der Waals surface area contributed by atoms with Gasteiger partial charge >= 0.3 is 5.97 Å². The summed E-state index contributed by atoms with van der Waals surface area (Å²) in [5, 5.41) is 2.62. The van der Waals surface area contributed by atoms with Gasteiger partial charge in [0, 0.05) is 0 Å². The average molecular weight is 396 g/mol. The number of amides is 3. The van der Waals surface area contributed by atoms with Crippen LogP contribution in [0.1, 0.15) is 34.6 Å². The van der Waals surface area contributed by atoms with Crippen molar-refractivity contribution in [2.24, 2.45) is 0 Å². The van der Waals surface area contributed by atoms with Crippen molar-refractivity contribution in [3.63, 3.8) is 0 Å². The Kier molecular flexibility index (Phi) is 5.63. The third-order valence-electron chi connectivity index (χ3n) is 4.58. The molecule has 1 aliphatic heterocycles. The monoisotopic (exact) mass is 396 g/mol. The summed E-state index contributed by atoms with van der Waals surface area (Å²) in [5.41, 5.74) is 0.898. The van der Waals surface area contributed by atoms with Crippen molar-refractivity contribution in [2.75, 3.05) is 12.4 Å². The second-order valence-electron chi connectivity index (χ2n) is 6.47. The Balaban J connectivity index is 1.66. The van der Waals surface area contributed by atoms with Gasteiger partial charge in [0.25, 0.3) is 17.7 Å². The van der Waals surface area contributed by atoms with Gasteiger partial charge in [-0.2, -0.15) is 0 Å². The van der Waals surface area contributed by atoms with E-state index in [2.05, 4.69) is 5.32 Å². The summed E-state index contributed by atoms with van der Waals surface area (Å²) in [4.78, 5) is 50.7. The number of methoxy groups -OCH3 is 1. The number of fused-ring (bicyclic) bond motifs is 1. The van der Waals surface area contributed by atoms with Crippen molar-refractivity contribution >= 4 is 29.4 Å². The molecule has 0 fully saturated rings. The van der Waals surface area contributed by atoms with Crippen molar-refractivity contribution in [1.82, 2.24) is 4.90 Å². The normalized spacial score (nSPS) is 14.8. The maximum atomic E-state index is 12.5. The Bertz CT molecular complexity index is 952. The van der Waals surface area contributed by atoms with Crippen LogP contribution in [-0.2, 0) is 14.3 Å². The van der Waals surface area contributed by atoms with Gasteiger partial charge in [0.15, 0.2) is 6.10 Å². The van der Waals surface area contributed by atoms with Crippen LogP contribution >= 0.6 is 0 Å². The summed E-state index contributed by atoms with van der Waals surface area (Å²) in [7, 11) is 1.47. The fourth-order valence-electron chi connectivity index (χ4n) is 2.97. The number of esters is 1. The molecule has 0 aliphatic carbocycles. The van der Waals surface area contributed by atoms with E-state index in [9.17, 15) is 19.2 Å². The maximum Gasteiger partial charge on any atom is 0.329 e. The molecule has 150 valence electrons. The number of imide groups is 1. The Morgan fingerprint density at radius 3 is 2.07 bits per heavy atom.